The Morgan fingerprint density at radius 3 is 2.25 bits per heavy atom. The summed E-state index contributed by atoms with van der Waals surface area (Å²) in [5.41, 5.74) is 0.610. The van der Waals surface area contributed by atoms with Gasteiger partial charge in [-0.3, -0.25) is 10.1 Å². The van der Waals surface area contributed by atoms with E-state index in [0.717, 1.165) is 0 Å². The summed E-state index contributed by atoms with van der Waals surface area (Å²) >= 11 is 0. The van der Waals surface area contributed by atoms with Gasteiger partial charge in [0.05, 0.1) is 9.82 Å². The van der Waals surface area contributed by atoms with Crippen LogP contribution in [-0.2, 0) is 9.84 Å². The van der Waals surface area contributed by atoms with E-state index < -0.39 is 14.8 Å². The number of sulfone groups is 1. The van der Waals surface area contributed by atoms with Gasteiger partial charge in [0.15, 0.2) is 0 Å². The van der Waals surface area contributed by atoms with Crippen LogP contribution in [0.4, 0.5) is 5.69 Å². The molecule has 6 nitrogen and oxygen atoms in total. The summed E-state index contributed by atoms with van der Waals surface area (Å²) in [4.78, 5) is 9.73. The van der Waals surface area contributed by atoms with E-state index in [1.54, 1.807) is 30.3 Å². The molecule has 0 aliphatic heterocycles. The molecule has 0 saturated heterocycles. The molecule has 0 amide bonds. The number of nitro benzene ring substituents is 1. The molecule has 2 aromatic carbocycles. The number of nitriles is 1. The molecule has 0 aliphatic carbocycles. The predicted octanol–water partition coefficient (Wildman–Crippen LogP) is 3.49. The van der Waals surface area contributed by atoms with E-state index in [1.165, 1.54) is 48.6 Å². The number of nitrogens with zero attached hydrogens (tertiary/aromatic N) is 2. The standard InChI is InChI=1S/C17H12N2O4S/c18-13-17(24(22,23)16-6-2-1-3-7-16)8-4-5-14-9-11-15(12-10-14)19(20)21/h1-12H. The Bertz CT molecular complexity index is 938. The first-order valence-electron chi connectivity index (χ1n) is 6.78. The molecule has 0 N–H and O–H groups in total. The molecule has 0 heterocycles. The summed E-state index contributed by atoms with van der Waals surface area (Å²) in [6.45, 7) is 0. The number of rotatable bonds is 5. The lowest BCUT2D eigenvalue weighted by atomic mass is 10.2. The van der Waals surface area contributed by atoms with Gasteiger partial charge in [0, 0.05) is 12.1 Å². The predicted molar refractivity (Wildman–Crippen MR) is 89.5 cm³/mol. The molecule has 0 fully saturated rings. The summed E-state index contributed by atoms with van der Waals surface area (Å²) in [5, 5.41) is 19.7. The molecule has 0 bridgehead atoms. The van der Waals surface area contributed by atoms with E-state index in [1.807, 2.05) is 0 Å². The highest BCUT2D eigenvalue weighted by molar-refractivity contribution is 7.95. The van der Waals surface area contributed by atoms with Crippen LogP contribution in [0.15, 0.2) is 76.5 Å². The topological polar surface area (TPSA) is 101 Å². The van der Waals surface area contributed by atoms with Crippen molar-refractivity contribution in [2.75, 3.05) is 0 Å². The third-order valence-corrected chi connectivity index (χ3v) is 4.79. The van der Waals surface area contributed by atoms with Gasteiger partial charge in [0.25, 0.3) is 5.69 Å². The first-order chi connectivity index (χ1) is 11.4. The quantitative estimate of drug-likeness (QED) is 0.359. The van der Waals surface area contributed by atoms with Crippen LogP contribution in [-0.4, -0.2) is 13.3 Å². The van der Waals surface area contributed by atoms with Gasteiger partial charge in [-0.15, -0.1) is 0 Å². The molecule has 0 unspecified atom stereocenters. The normalized spacial score (nSPS) is 12.0. The molecule has 0 radical (unpaired) electrons. The average molecular weight is 340 g/mol. The molecule has 0 spiro atoms. The first kappa shape index (κ1) is 17.1. The van der Waals surface area contributed by atoms with Gasteiger partial charge >= 0.3 is 0 Å². The highest BCUT2D eigenvalue weighted by atomic mass is 32.2. The lowest BCUT2D eigenvalue weighted by molar-refractivity contribution is -0.384. The number of hydrogen-bond donors (Lipinski definition) is 0. The van der Waals surface area contributed by atoms with Crippen molar-refractivity contribution in [3.63, 3.8) is 0 Å². The molecule has 2 aromatic rings. The molecule has 24 heavy (non-hydrogen) atoms. The van der Waals surface area contributed by atoms with E-state index >= 15 is 0 Å². The van der Waals surface area contributed by atoms with Gasteiger partial charge < -0.3 is 0 Å². The molecule has 2 rings (SSSR count). The van der Waals surface area contributed by atoms with Crippen molar-refractivity contribution in [2.24, 2.45) is 0 Å². The second-order valence-corrected chi connectivity index (χ2v) is 6.59. The van der Waals surface area contributed by atoms with Crippen molar-refractivity contribution < 1.29 is 13.3 Å². The third kappa shape index (κ3) is 3.94. The van der Waals surface area contributed by atoms with Gasteiger partial charge in [0.2, 0.25) is 9.84 Å². The Morgan fingerprint density at radius 2 is 1.71 bits per heavy atom. The summed E-state index contributed by atoms with van der Waals surface area (Å²) in [5.74, 6) is 0. The largest absolute Gasteiger partial charge is 0.269 e. The number of nitro groups is 1. The molecule has 7 heteroatoms. The highest BCUT2D eigenvalue weighted by Crippen LogP contribution is 2.19. The van der Waals surface area contributed by atoms with Gasteiger partial charge in [-0.25, -0.2) is 8.42 Å². The Hall–Kier alpha value is -3.24. The van der Waals surface area contributed by atoms with Crippen LogP contribution >= 0.6 is 0 Å². The lowest BCUT2D eigenvalue weighted by Gasteiger charge is -2.01. The van der Waals surface area contributed by atoms with Gasteiger partial charge in [0.1, 0.15) is 11.0 Å². The van der Waals surface area contributed by atoms with Crippen molar-refractivity contribution in [2.45, 2.75) is 4.90 Å². The smallest absolute Gasteiger partial charge is 0.258 e. The summed E-state index contributed by atoms with van der Waals surface area (Å²) in [7, 11) is -3.86. The van der Waals surface area contributed by atoms with Gasteiger partial charge in [-0.1, -0.05) is 30.4 Å². The second-order valence-electron chi connectivity index (χ2n) is 4.67. The Balaban J connectivity index is 2.25. The van der Waals surface area contributed by atoms with Gasteiger partial charge in [-0.2, -0.15) is 5.26 Å². The molecule has 0 aliphatic rings. The Labute approximate surface area is 139 Å². The fourth-order valence-electron chi connectivity index (χ4n) is 1.87. The van der Waals surface area contributed by atoms with Crippen molar-refractivity contribution in [1.29, 1.82) is 5.26 Å². The zero-order valence-electron chi connectivity index (χ0n) is 12.4. The van der Waals surface area contributed by atoms with Crippen molar-refractivity contribution in [3.05, 3.63) is 87.3 Å². The van der Waals surface area contributed by atoms with Gasteiger partial charge in [-0.05, 0) is 35.9 Å². The number of non-ortho nitro benzene ring substituents is 1. The van der Waals surface area contributed by atoms with Crippen molar-refractivity contribution in [1.82, 2.24) is 0 Å². The molecule has 0 atom stereocenters. The Kier molecular flexibility index (Phi) is 5.24. The van der Waals surface area contributed by atoms with E-state index in [4.69, 9.17) is 5.26 Å². The molecular formula is C17H12N2O4S. The average Bonchev–Trinajstić information content (AvgIpc) is 2.59. The highest BCUT2D eigenvalue weighted by Gasteiger charge is 2.19. The maximum Gasteiger partial charge on any atom is 0.269 e. The van der Waals surface area contributed by atoms with Crippen LogP contribution in [0, 0.1) is 21.4 Å². The van der Waals surface area contributed by atoms with Crippen LogP contribution in [0.3, 0.4) is 0 Å². The molecular weight excluding hydrogens is 328 g/mol. The fraction of sp³-hybridized carbons (Fsp3) is 0. The number of benzene rings is 2. The Morgan fingerprint density at radius 1 is 1.08 bits per heavy atom. The number of hydrogen-bond acceptors (Lipinski definition) is 5. The molecule has 0 aromatic heterocycles. The second kappa shape index (κ2) is 7.35. The minimum Gasteiger partial charge on any atom is -0.258 e. The molecule has 0 saturated carbocycles. The fourth-order valence-corrected chi connectivity index (χ4v) is 3.01. The maximum absolute atomic E-state index is 12.3. The summed E-state index contributed by atoms with van der Waals surface area (Å²) in [6.07, 6.45) is 4.17. The number of allylic oxidation sites excluding steroid dienone is 3. The van der Waals surface area contributed by atoms with Crippen LogP contribution in [0.1, 0.15) is 5.56 Å². The van der Waals surface area contributed by atoms with E-state index in [-0.39, 0.29) is 15.5 Å². The van der Waals surface area contributed by atoms with E-state index in [9.17, 15) is 18.5 Å². The lowest BCUT2D eigenvalue weighted by Crippen LogP contribution is -2.02. The summed E-state index contributed by atoms with van der Waals surface area (Å²) in [6, 6.07) is 15.1. The minimum atomic E-state index is -3.86. The SMILES string of the molecule is N#CC(=CC=Cc1ccc([N+](=O)[O-])cc1)S(=O)(=O)c1ccccc1. The zero-order valence-corrected chi connectivity index (χ0v) is 13.2. The van der Waals surface area contributed by atoms with Crippen LogP contribution in [0.2, 0.25) is 0 Å². The minimum absolute atomic E-state index is 0.0351. The monoisotopic (exact) mass is 340 g/mol. The van der Waals surface area contributed by atoms with Crippen molar-refractivity contribution in [3.8, 4) is 6.07 Å². The van der Waals surface area contributed by atoms with Crippen molar-refractivity contribution >= 4 is 21.6 Å². The van der Waals surface area contributed by atoms with E-state index in [0.29, 0.717) is 5.56 Å². The maximum atomic E-state index is 12.3. The summed E-state index contributed by atoms with van der Waals surface area (Å²) < 4.78 is 24.7. The molecule has 120 valence electrons. The third-order valence-electron chi connectivity index (χ3n) is 3.09. The van der Waals surface area contributed by atoms with Crippen LogP contribution in [0.5, 0.6) is 0 Å². The van der Waals surface area contributed by atoms with Crippen LogP contribution in [0.25, 0.3) is 6.08 Å². The first-order valence-corrected chi connectivity index (χ1v) is 8.26. The zero-order chi connectivity index (χ0) is 17.6. The van der Waals surface area contributed by atoms with E-state index in [2.05, 4.69) is 0 Å². The van der Waals surface area contributed by atoms with Crippen LogP contribution < -0.4 is 0 Å².